The van der Waals surface area contributed by atoms with Crippen LogP contribution in [-0.4, -0.2) is 43.5 Å². The second kappa shape index (κ2) is 5.21. The van der Waals surface area contributed by atoms with Gasteiger partial charge >= 0.3 is 0 Å². The van der Waals surface area contributed by atoms with Gasteiger partial charge in [-0.15, -0.1) is 0 Å². The van der Waals surface area contributed by atoms with Crippen LogP contribution in [0.25, 0.3) is 10.9 Å². The van der Waals surface area contributed by atoms with Crippen molar-refractivity contribution in [3.05, 3.63) is 24.3 Å². The number of benzene rings is 1. The predicted octanol–water partition coefficient (Wildman–Crippen LogP) is 1.60. The van der Waals surface area contributed by atoms with Crippen LogP contribution < -0.4 is 5.32 Å². The van der Waals surface area contributed by atoms with Gasteiger partial charge in [0.1, 0.15) is 5.00 Å². The Hall–Kier alpha value is -1.18. The summed E-state index contributed by atoms with van der Waals surface area (Å²) in [6, 6.07) is 7.79. The van der Waals surface area contributed by atoms with Crippen molar-refractivity contribution in [2.75, 3.05) is 31.7 Å². The van der Waals surface area contributed by atoms with Crippen molar-refractivity contribution in [1.82, 2.24) is 8.68 Å². The summed E-state index contributed by atoms with van der Waals surface area (Å²) in [6.07, 6.45) is 0. The first kappa shape index (κ1) is 13.3. The molecule has 1 aromatic heterocycles. The summed E-state index contributed by atoms with van der Waals surface area (Å²) < 4.78 is 28.7. The van der Waals surface area contributed by atoms with Crippen LogP contribution in [0, 0.1) is 0 Å². The minimum Gasteiger partial charge on any atom is -0.374 e. The fourth-order valence-corrected chi connectivity index (χ4v) is 3.00. The van der Waals surface area contributed by atoms with E-state index in [2.05, 4.69) is 9.69 Å². The summed E-state index contributed by atoms with van der Waals surface area (Å²) >= 11 is 1.35. The fourth-order valence-electron chi connectivity index (χ4n) is 1.49. The van der Waals surface area contributed by atoms with Crippen LogP contribution in [0.2, 0.25) is 0 Å². The first-order valence-electron chi connectivity index (χ1n) is 5.49. The highest BCUT2D eigenvalue weighted by atomic mass is 32.2. The summed E-state index contributed by atoms with van der Waals surface area (Å²) in [5, 5.41) is 5.08. The average molecular weight is 285 g/mol. The van der Waals surface area contributed by atoms with Gasteiger partial charge in [-0.2, -0.15) is 4.37 Å². The van der Waals surface area contributed by atoms with Gasteiger partial charge in [0.2, 0.25) is 10.0 Å². The number of sulfonamides is 1. The van der Waals surface area contributed by atoms with Crippen molar-refractivity contribution < 1.29 is 8.42 Å². The van der Waals surface area contributed by atoms with E-state index in [4.69, 9.17) is 0 Å². The first-order chi connectivity index (χ1) is 8.50. The Morgan fingerprint density at radius 3 is 2.78 bits per heavy atom. The molecule has 5 nitrogen and oxygen atoms in total. The molecule has 0 aliphatic heterocycles. The Balaban J connectivity index is 2.03. The maximum atomic E-state index is 11.6. The highest BCUT2D eigenvalue weighted by molar-refractivity contribution is 7.89. The number of hydrogen-bond acceptors (Lipinski definition) is 5. The molecule has 0 aliphatic carbocycles. The van der Waals surface area contributed by atoms with E-state index in [9.17, 15) is 8.42 Å². The van der Waals surface area contributed by atoms with Gasteiger partial charge in [-0.1, -0.05) is 12.1 Å². The molecule has 0 amide bonds. The molecule has 7 heteroatoms. The number of nitrogens with zero attached hydrogens (tertiary/aromatic N) is 2. The molecule has 98 valence electrons. The molecular weight excluding hydrogens is 270 g/mol. The lowest BCUT2D eigenvalue weighted by Crippen LogP contribution is -2.28. The van der Waals surface area contributed by atoms with Crippen molar-refractivity contribution >= 4 is 37.5 Å². The lowest BCUT2D eigenvalue weighted by molar-refractivity contribution is 0.521. The fraction of sp³-hybridized carbons (Fsp3) is 0.364. The van der Waals surface area contributed by atoms with E-state index < -0.39 is 10.0 Å². The highest BCUT2D eigenvalue weighted by Gasteiger charge is 2.13. The Labute approximate surface area is 111 Å². The topological polar surface area (TPSA) is 62.3 Å². The average Bonchev–Trinajstić information content (AvgIpc) is 2.72. The smallest absolute Gasteiger partial charge is 0.215 e. The third-order valence-corrected chi connectivity index (χ3v) is 5.25. The second-order valence-electron chi connectivity index (χ2n) is 4.05. The van der Waals surface area contributed by atoms with Crippen LogP contribution in [0.4, 0.5) is 5.00 Å². The highest BCUT2D eigenvalue weighted by Crippen LogP contribution is 2.26. The van der Waals surface area contributed by atoms with Gasteiger partial charge in [0.25, 0.3) is 0 Å². The summed E-state index contributed by atoms with van der Waals surface area (Å²) in [5.41, 5.74) is 0.931. The zero-order valence-electron chi connectivity index (χ0n) is 10.3. The second-order valence-corrected chi connectivity index (χ2v) is 7.13. The van der Waals surface area contributed by atoms with Gasteiger partial charge in [0.05, 0.1) is 11.3 Å². The van der Waals surface area contributed by atoms with Gasteiger partial charge in [0, 0.05) is 26.0 Å². The zero-order chi connectivity index (χ0) is 13.2. The molecule has 0 unspecified atom stereocenters. The summed E-state index contributed by atoms with van der Waals surface area (Å²) in [7, 11) is -0.0714. The van der Waals surface area contributed by atoms with Gasteiger partial charge < -0.3 is 5.32 Å². The number of rotatable bonds is 5. The molecule has 0 spiro atoms. The van der Waals surface area contributed by atoms with E-state index in [0.29, 0.717) is 6.54 Å². The van der Waals surface area contributed by atoms with Gasteiger partial charge in [0.15, 0.2) is 0 Å². The molecule has 18 heavy (non-hydrogen) atoms. The molecule has 0 saturated heterocycles. The lowest BCUT2D eigenvalue weighted by atomic mass is 10.2. The minimum atomic E-state index is -3.15. The van der Waals surface area contributed by atoms with Crippen molar-refractivity contribution in [2.24, 2.45) is 0 Å². The molecule has 1 heterocycles. The standard InChI is InChI=1S/C11H15N3O2S2/c1-14(2)18(15,16)8-7-12-11-9-5-3-4-6-10(9)13-17-11/h3-6,12H,7-8H2,1-2H3. The molecule has 0 fully saturated rings. The maximum Gasteiger partial charge on any atom is 0.215 e. The minimum absolute atomic E-state index is 0.0756. The summed E-state index contributed by atoms with van der Waals surface area (Å²) in [4.78, 5) is 0. The zero-order valence-corrected chi connectivity index (χ0v) is 11.9. The molecule has 1 aromatic carbocycles. The number of hydrogen-bond donors (Lipinski definition) is 1. The van der Waals surface area contributed by atoms with Crippen LogP contribution in [0.5, 0.6) is 0 Å². The number of nitrogens with one attached hydrogen (secondary N) is 1. The van der Waals surface area contributed by atoms with Crippen molar-refractivity contribution in [3.63, 3.8) is 0 Å². The molecule has 2 aromatic rings. The monoisotopic (exact) mass is 285 g/mol. The molecule has 2 rings (SSSR count). The van der Waals surface area contributed by atoms with Gasteiger partial charge in [-0.05, 0) is 23.7 Å². The Kier molecular flexibility index (Phi) is 3.84. The van der Waals surface area contributed by atoms with Crippen LogP contribution in [0.3, 0.4) is 0 Å². The maximum absolute atomic E-state index is 11.6. The Morgan fingerprint density at radius 2 is 2.06 bits per heavy atom. The van der Waals surface area contributed by atoms with E-state index in [1.807, 2.05) is 24.3 Å². The first-order valence-corrected chi connectivity index (χ1v) is 7.87. The van der Waals surface area contributed by atoms with Crippen LogP contribution in [0.1, 0.15) is 0 Å². The quantitative estimate of drug-likeness (QED) is 0.906. The van der Waals surface area contributed by atoms with E-state index in [1.54, 1.807) is 0 Å². The third kappa shape index (κ3) is 2.80. The molecular formula is C11H15N3O2S2. The lowest BCUT2D eigenvalue weighted by Gasteiger charge is -2.11. The van der Waals surface area contributed by atoms with E-state index in [0.717, 1.165) is 15.9 Å². The summed E-state index contributed by atoms with van der Waals surface area (Å²) in [6.45, 7) is 0.382. The van der Waals surface area contributed by atoms with Crippen molar-refractivity contribution in [3.8, 4) is 0 Å². The molecule has 0 saturated carbocycles. The van der Waals surface area contributed by atoms with Crippen LogP contribution in [-0.2, 0) is 10.0 Å². The molecule has 0 aliphatic rings. The normalized spacial score (nSPS) is 12.2. The van der Waals surface area contributed by atoms with Gasteiger partial charge in [-0.25, -0.2) is 12.7 Å². The van der Waals surface area contributed by atoms with E-state index >= 15 is 0 Å². The predicted molar refractivity (Wildman–Crippen MR) is 75.6 cm³/mol. The van der Waals surface area contributed by atoms with Gasteiger partial charge in [-0.3, -0.25) is 0 Å². The van der Waals surface area contributed by atoms with Crippen molar-refractivity contribution in [1.29, 1.82) is 0 Å². The largest absolute Gasteiger partial charge is 0.374 e. The summed E-state index contributed by atoms with van der Waals surface area (Å²) in [5.74, 6) is 0.0756. The molecule has 0 atom stereocenters. The Bertz CT molecular complexity index is 635. The van der Waals surface area contributed by atoms with Crippen LogP contribution in [0.15, 0.2) is 24.3 Å². The van der Waals surface area contributed by atoms with E-state index in [-0.39, 0.29) is 5.75 Å². The Morgan fingerprint density at radius 1 is 1.33 bits per heavy atom. The molecule has 0 bridgehead atoms. The number of fused-ring (bicyclic) bond motifs is 1. The molecule has 1 N–H and O–H groups in total. The van der Waals surface area contributed by atoms with E-state index in [1.165, 1.54) is 29.9 Å². The van der Waals surface area contributed by atoms with Crippen LogP contribution >= 0.6 is 11.5 Å². The SMILES string of the molecule is CN(C)S(=O)(=O)CCNc1snc2ccccc12. The van der Waals surface area contributed by atoms with Crippen molar-refractivity contribution in [2.45, 2.75) is 0 Å². The number of aromatic nitrogens is 1. The third-order valence-electron chi connectivity index (χ3n) is 2.59. The number of anilines is 1. The molecule has 0 radical (unpaired) electrons.